The molecule has 0 aliphatic heterocycles. The number of hydrogen-bond acceptors (Lipinski definition) is 4. The maximum absolute atomic E-state index is 5.71. The normalized spacial score (nSPS) is 11.3. The predicted octanol–water partition coefficient (Wildman–Crippen LogP) is 3.93. The van der Waals surface area contributed by atoms with Gasteiger partial charge in [0.05, 0.1) is 19.8 Å². The molecule has 0 atom stereocenters. The fourth-order valence-electron chi connectivity index (χ4n) is 2.96. The molecule has 0 bridgehead atoms. The van der Waals surface area contributed by atoms with E-state index in [1.54, 1.807) is 7.05 Å². The van der Waals surface area contributed by atoms with Crippen LogP contribution in [0.25, 0.3) is 0 Å². The van der Waals surface area contributed by atoms with E-state index in [2.05, 4.69) is 52.0 Å². The zero-order valence-electron chi connectivity index (χ0n) is 18.7. The van der Waals surface area contributed by atoms with Gasteiger partial charge in [0.15, 0.2) is 17.5 Å². The van der Waals surface area contributed by atoms with Crippen LogP contribution in [-0.2, 0) is 24.3 Å². The highest BCUT2D eigenvalue weighted by Gasteiger charge is 2.06. The lowest BCUT2D eigenvalue weighted by Crippen LogP contribution is -2.37. The lowest BCUT2D eigenvalue weighted by molar-refractivity contribution is 0.134. The van der Waals surface area contributed by atoms with E-state index in [1.807, 2.05) is 26.8 Å². The topological polar surface area (TPSA) is 64.1 Å². The van der Waals surface area contributed by atoms with Crippen molar-refractivity contribution in [3.63, 3.8) is 0 Å². The first-order valence-electron chi connectivity index (χ1n) is 10.7. The average Bonchev–Trinajstić information content (AvgIpc) is 2.77. The summed E-state index contributed by atoms with van der Waals surface area (Å²) in [5.41, 5.74) is 3.57. The van der Waals surface area contributed by atoms with Gasteiger partial charge in [0.25, 0.3) is 0 Å². The Morgan fingerprint density at radius 3 is 2.13 bits per heavy atom. The van der Waals surface area contributed by atoms with E-state index in [4.69, 9.17) is 14.2 Å². The van der Waals surface area contributed by atoms with Crippen molar-refractivity contribution in [3.05, 3.63) is 59.2 Å². The summed E-state index contributed by atoms with van der Waals surface area (Å²) in [5.74, 6) is 2.37. The predicted molar refractivity (Wildman–Crippen MR) is 122 cm³/mol. The molecule has 0 radical (unpaired) electrons. The van der Waals surface area contributed by atoms with E-state index in [0.29, 0.717) is 26.4 Å². The molecule has 0 aliphatic carbocycles. The van der Waals surface area contributed by atoms with Crippen LogP contribution < -0.4 is 20.1 Å². The molecule has 0 saturated heterocycles. The van der Waals surface area contributed by atoms with Gasteiger partial charge < -0.3 is 24.8 Å². The number of benzene rings is 2. The molecule has 30 heavy (non-hydrogen) atoms. The minimum absolute atomic E-state index is 0.616. The number of ether oxygens (including phenoxy) is 3. The first kappa shape index (κ1) is 23.5. The molecule has 2 rings (SSSR count). The van der Waals surface area contributed by atoms with Crippen LogP contribution in [0.5, 0.6) is 11.5 Å². The smallest absolute Gasteiger partial charge is 0.191 e. The van der Waals surface area contributed by atoms with Crippen LogP contribution in [0.3, 0.4) is 0 Å². The molecular formula is C24H35N3O3. The molecular weight excluding hydrogens is 378 g/mol. The van der Waals surface area contributed by atoms with Gasteiger partial charge in [-0.05, 0) is 56.0 Å². The standard InChI is InChI=1S/C24H35N3O3/c1-5-28-18-21-10-8-20(9-11-21)17-27-24(25-4)26-15-14-19-12-13-22(29-6-2)23(16-19)30-7-3/h8-13,16H,5-7,14-15,17-18H2,1-4H3,(H2,25,26,27). The summed E-state index contributed by atoms with van der Waals surface area (Å²) < 4.78 is 16.8. The number of nitrogens with zero attached hydrogens (tertiary/aromatic N) is 1. The van der Waals surface area contributed by atoms with E-state index < -0.39 is 0 Å². The Labute approximate surface area is 180 Å². The number of guanidine groups is 1. The molecule has 6 nitrogen and oxygen atoms in total. The average molecular weight is 414 g/mol. The zero-order chi connectivity index (χ0) is 21.6. The third-order valence-electron chi connectivity index (χ3n) is 4.49. The van der Waals surface area contributed by atoms with Crippen LogP contribution in [0.4, 0.5) is 0 Å². The molecule has 0 spiro atoms. The molecule has 6 heteroatoms. The first-order chi connectivity index (χ1) is 14.7. The van der Waals surface area contributed by atoms with Gasteiger partial charge in [-0.15, -0.1) is 0 Å². The monoisotopic (exact) mass is 413 g/mol. The second-order valence-electron chi connectivity index (χ2n) is 6.70. The van der Waals surface area contributed by atoms with E-state index in [9.17, 15) is 0 Å². The van der Waals surface area contributed by atoms with Crippen molar-refractivity contribution in [3.8, 4) is 11.5 Å². The maximum atomic E-state index is 5.71. The first-order valence-corrected chi connectivity index (χ1v) is 10.7. The highest BCUT2D eigenvalue weighted by atomic mass is 16.5. The molecule has 164 valence electrons. The second-order valence-corrected chi connectivity index (χ2v) is 6.70. The maximum Gasteiger partial charge on any atom is 0.191 e. The number of nitrogens with one attached hydrogen (secondary N) is 2. The van der Waals surface area contributed by atoms with Crippen LogP contribution in [0.2, 0.25) is 0 Å². The van der Waals surface area contributed by atoms with Crippen molar-refractivity contribution in [2.45, 2.75) is 40.3 Å². The minimum Gasteiger partial charge on any atom is -0.490 e. The van der Waals surface area contributed by atoms with Crippen molar-refractivity contribution >= 4 is 5.96 Å². The number of aliphatic imine (C=N–C) groups is 1. The van der Waals surface area contributed by atoms with Crippen molar-refractivity contribution in [2.24, 2.45) is 4.99 Å². The fraction of sp³-hybridized carbons (Fsp3) is 0.458. The summed E-state index contributed by atoms with van der Waals surface area (Å²) in [4.78, 5) is 4.31. The quantitative estimate of drug-likeness (QED) is 0.408. The Morgan fingerprint density at radius 2 is 1.47 bits per heavy atom. The lowest BCUT2D eigenvalue weighted by Gasteiger charge is -2.14. The van der Waals surface area contributed by atoms with Gasteiger partial charge in [0, 0.05) is 26.7 Å². The van der Waals surface area contributed by atoms with E-state index in [0.717, 1.165) is 37.0 Å². The fourth-order valence-corrected chi connectivity index (χ4v) is 2.96. The van der Waals surface area contributed by atoms with Crippen LogP contribution in [0, 0.1) is 0 Å². The summed E-state index contributed by atoms with van der Waals surface area (Å²) in [6.45, 7) is 10.1. The Kier molecular flexibility index (Phi) is 10.6. The Bertz CT molecular complexity index is 776. The third kappa shape index (κ3) is 7.95. The van der Waals surface area contributed by atoms with Gasteiger partial charge >= 0.3 is 0 Å². The molecule has 2 aromatic rings. The SMILES string of the molecule is CCOCc1ccc(CNC(=NC)NCCc2ccc(OCC)c(OCC)c2)cc1. The van der Waals surface area contributed by atoms with Crippen molar-refractivity contribution < 1.29 is 14.2 Å². The highest BCUT2D eigenvalue weighted by Crippen LogP contribution is 2.28. The van der Waals surface area contributed by atoms with Crippen LogP contribution in [0.15, 0.2) is 47.5 Å². The number of rotatable bonds is 12. The molecule has 0 heterocycles. The minimum atomic E-state index is 0.616. The summed E-state index contributed by atoms with van der Waals surface area (Å²) in [7, 11) is 1.78. The van der Waals surface area contributed by atoms with Gasteiger partial charge in [-0.25, -0.2) is 0 Å². The van der Waals surface area contributed by atoms with Crippen molar-refractivity contribution in [2.75, 3.05) is 33.4 Å². The third-order valence-corrected chi connectivity index (χ3v) is 4.49. The Hall–Kier alpha value is -2.73. The largest absolute Gasteiger partial charge is 0.490 e. The highest BCUT2D eigenvalue weighted by molar-refractivity contribution is 5.79. The van der Waals surface area contributed by atoms with Gasteiger partial charge in [-0.1, -0.05) is 30.3 Å². The molecule has 0 amide bonds. The Balaban J connectivity index is 1.81. The molecule has 0 aliphatic rings. The summed E-state index contributed by atoms with van der Waals surface area (Å²) in [5, 5.41) is 6.72. The van der Waals surface area contributed by atoms with Crippen molar-refractivity contribution in [1.29, 1.82) is 0 Å². The van der Waals surface area contributed by atoms with Crippen molar-refractivity contribution in [1.82, 2.24) is 10.6 Å². The lowest BCUT2D eigenvalue weighted by atomic mass is 10.1. The van der Waals surface area contributed by atoms with Crippen LogP contribution >= 0.6 is 0 Å². The molecule has 0 unspecified atom stereocenters. The van der Waals surface area contributed by atoms with E-state index in [-0.39, 0.29) is 0 Å². The second kappa shape index (κ2) is 13.5. The van der Waals surface area contributed by atoms with Gasteiger partial charge in [-0.2, -0.15) is 0 Å². The molecule has 2 N–H and O–H groups in total. The molecule has 0 aromatic heterocycles. The summed E-state index contributed by atoms with van der Waals surface area (Å²) in [6, 6.07) is 14.5. The molecule has 2 aromatic carbocycles. The van der Waals surface area contributed by atoms with E-state index in [1.165, 1.54) is 16.7 Å². The summed E-state index contributed by atoms with van der Waals surface area (Å²) in [6.07, 6.45) is 0.860. The van der Waals surface area contributed by atoms with Crippen LogP contribution in [-0.4, -0.2) is 39.4 Å². The Morgan fingerprint density at radius 1 is 0.800 bits per heavy atom. The van der Waals surface area contributed by atoms with Gasteiger partial charge in [-0.3, -0.25) is 4.99 Å². The zero-order valence-corrected chi connectivity index (χ0v) is 18.7. The van der Waals surface area contributed by atoms with Gasteiger partial charge in [0.1, 0.15) is 0 Å². The molecule has 0 saturated carbocycles. The molecule has 0 fully saturated rings. The van der Waals surface area contributed by atoms with Crippen LogP contribution in [0.1, 0.15) is 37.5 Å². The number of hydrogen-bond donors (Lipinski definition) is 2. The van der Waals surface area contributed by atoms with E-state index >= 15 is 0 Å². The summed E-state index contributed by atoms with van der Waals surface area (Å²) >= 11 is 0. The van der Waals surface area contributed by atoms with Gasteiger partial charge in [0.2, 0.25) is 0 Å².